The van der Waals surface area contributed by atoms with Gasteiger partial charge in [-0.15, -0.1) is 0 Å². The Bertz CT molecular complexity index is 226. The van der Waals surface area contributed by atoms with Gasteiger partial charge in [0.25, 0.3) is 0 Å². The molecule has 1 unspecified atom stereocenters. The lowest BCUT2D eigenvalue weighted by atomic mass is 9.82. The predicted molar refractivity (Wildman–Crippen MR) is 55.5 cm³/mol. The van der Waals surface area contributed by atoms with E-state index in [9.17, 15) is 4.79 Å². The van der Waals surface area contributed by atoms with Crippen molar-refractivity contribution in [1.82, 2.24) is 5.32 Å². The van der Waals surface area contributed by atoms with Crippen LogP contribution in [-0.4, -0.2) is 38.4 Å². The molecule has 15 heavy (non-hydrogen) atoms. The van der Waals surface area contributed by atoms with E-state index < -0.39 is 0 Å². The maximum Gasteiger partial charge on any atom is 0.311 e. The van der Waals surface area contributed by atoms with Crippen LogP contribution in [0.4, 0.5) is 0 Å². The number of hydrogen-bond acceptors (Lipinski definition) is 4. The van der Waals surface area contributed by atoms with E-state index in [-0.39, 0.29) is 17.5 Å². The third kappa shape index (κ3) is 2.32. The van der Waals surface area contributed by atoms with Gasteiger partial charge in [0.15, 0.2) is 0 Å². The van der Waals surface area contributed by atoms with Crippen molar-refractivity contribution in [3.63, 3.8) is 0 Å². The Kier molecular flexibility index (Phi) is 3.26. The van der Waals surface area contributed by atoms with Crippen LogP contribution in [0.1, 0.15) is 25.7 Å². The van der Waals surface area contributed by atoms with Gasteiger partial charge in [-0.3, -0.25) is 4.79 Å². The molecule has 0 aromatic rings. The molecule has 2 heterocycles. The Labute approximate surface area is 90.3 Å². The minimum atomic E-state index is -0.126. The van der Waals surface area contributed by atoms with E-state index in [0.29, 0.717) is 6.61 Å². The highest BCUT2D eigenvalue weighted by atomic mass is 16.5. The van der Waals surface area contributed by atoms with Crippen molar-refractivity contribution in [3.05, 3.63) is 0 Å². The van der Waals surface area contributed by atoms with Crippen molar-refractivity contribution in [2.24, 2.45) is 5.92 Å². The molecule has 4 heteroatoms. The first-order chi connectivity index (χ1) is 7.26. The van der Waals surface area contributed by atoms with Gasteiger partial charge in [-0.2, -0.15) is 0 Å². The molecule has 2 aliphatic heterocycles. The third-order valence-corrected chi connectivity index (χ3v) is 3.59. The summed E-state index contributed by atoms with van der Waals surface area (Å²) < 4.78 is 10.6. The molecule has 0 saturated carbocycles. The average Bonchev–Trinajstić information content (AvgIpc) is 2.30. The highest BCUT2D eigenvalue weighted by molar-refractivity contribution is 5.72. The van der Waals surface area contributed by atoms with Gasteiger partial charge in [-0.1, -0.05) is 0 Å². The van der Waals surface area contributed by atoms with Crippen LogP contribution in [0.25, 0.3) is 0 Å². The van der Waals surface area contributed by atoms with E-state index in [1.807, 2.05) is 0 Å². The summed E-state index contributed by atoms with van der Waals surface area (Å²) >= 11 is 0. The zero-order chi connectivity index (χ0) is 10.7. The predicted octanol–water partition coefficient (Wildman–Crippen LogP) is 0.708. The first kappa shape index (κ1) is 10.9. The smallest absolute Gasteiger partial charge is 0.311 e. The largest absolute Gasteiger partial charge is 0.469 e. The molecule has 2 saturated heterocycles. The Morgan fingerprint density at radius 2 is 2.13 bits per heavy atom. The summed E-state index contributed by atoms with van der Waals surface area (Å²) in [5, 5.41) is 3.33. The van der Waals surface area contributed by atoms with Crippen LogP contribution in [-0.2, 0) is 14.3 Å². The first-order valence-electron chi connectivity index (χ1n) is 5.68. The van der Waals surface area contributed by atoms with E-state index in [0.717, 1.165) is 38.8 Å². The second kappa shape index (κ2) is 4.49. The number of rotatable bonds is 1. The number of carbonyl (C=O) groups is 1. The van der Waals surface area contributed by atoms with Gasteiger partial charge in [0.1, 0.15) is 0 Å². The highest BCUT2D eigenvalue weighted by Crippen LogP contribution is 2.35. The van der Waals surface area contributed by atoms with Gasteiger partial charge in [-0.25, -0.2) is 0 Å². The zero-order valence-corrected chi connectivity index (χ0v) is 9.25. The van der Waals surface area contributed by atoms with Crippen LogP contribution in [0.5, 0.6) is 0 Å². The van der Waals surface area contributed by atoms with Crippen LogP contribution < -0.4 is 5.32 Å². The van der Waals surface area contributed by atoms with Crippen LogP contribution in [0, 0.1) is 5.92 Å². The summed E-state index contributed by atoms with van der Waals surface area (Å²) in [4.78, 5) is 11.3. The molecular weight excluding hydrogens is 194 g/mol. The topological polar surface area (TPSA) is 47.6 Å². The fourth-order valence-electron chi connectivity index (χ4n) is 2.50. The molecule has 0 aromatic heterocycles. The van der Waals surface area contributed by atoms with E-state index in [1.165, 1.54) is 7.11 Å². The maximum atomic E-state index is 11.3. The second-order valence-electron chi connectivity index (χ2n) is 4.50. The number of methoxy groups -OCH3 is 1. The highest BCUT2D eigenvalue weighted by Gasteiger charge is 2.39. The van der Waals surface area contributed by atoms with Crippen LogP contribution in [0.3, 0.4) is 0 Å². The van der Waals surface area contributed by atoms with Gasteiger partial charge in [-0.05, 0) is 38.8 Å². The van der Waals surface area contributed by atoms with Crippen molar-refractivity contribution in [1.29, 1.82) is 0 Å². The second-order valence-corrected chi connectivity index (χ2v) is 4.50. The third-order valence-electron chi connectivity index (χ3n) is 3.59. The summed E-state index contributed by atoms with van der Waals surface area (Å²) in [6.45, 7) is 2.60. The lowest BCUT2D eigenvalue weighted by molar-refractivity contribution is -0.162. The summed E-state index contributed by atoms with van der Waals surface area (Å²) in [6, 6.07) is 0. The van der Waals surface area contributed by atoms with Gasteiger partial charge in [0.2, 0.25) is 0 Å². The Morgan fingerprint density at radius 1 is 1.40 bits per heavy atom. The van der Waals surface area contributed by atoms with Crippen molar-refractivity contribution >= 4 is 5.97 Å². The van der Waals surface area contributed by atoms with Gasteiger partial charge < -0.3 is 14.8 Å². The van der Waals surface area contributed by atoms with Crippen LogP contribution in [0.15, 0.2) is 0 Å². The van der Waals surface area contributed by atoms with Gasteiger partial charge in [0, 0.05) is 0 Å². The first-order valence-corrected chi connectivity index (χ1v) is 5.68. The molecule has 1 spiro atoms. The molecule has 1 N–H and O–H groups in total. The maximum absolute atomic E-state index is 11.3. The fraction of sp³-hybridized carbons (Fsp3) is 0.909. The summed E-state index contributed by atoms with van der Waals surface area (Å²) in [5.41, 5.74) is 0.0514. The summed E-state index contributed by atoms with van der Waals surface area (Å²) in [7, 11) is 1.44. The SMILES string of the molecule is COC(=O)C1CCC2(CCNCC2)OC1. The van der Waals surface area contributed by atoms with Crippen molar-refractivity contribution in [3.8, 4) is 0 Å². The quantitative estimate of drug-likeness (QED) is 0.652. The standard InChI is InChI=1S/C11H19NO3/c1-14-10(13)9-2-3-11(15-8-9)4-6-12-7-5-11/h9,12H,2-8H2,1H3. The van der Waals surface area contributed by atoms with Crippen LogP contribution >= 0.6 is 0 Å². The average molecular weight is 213 g/mol. The monoisotopic (exact) mass is 213 g/mol. The van der Waals surface area contributed by atoms with E-state index in [2.05, 4.69) is 5.32 Å². The molecule has 4 nitrogen and oxygen atoms in total. The Balaban J connectivity index is 1.88. The molecule has 86 valence electrons. The fourth-order valence-corrected chi connectivity index (χ4v) is 2.50. The van der Waals surface area contributed by atoms with Crippen molar-refractivity contribution < 1.29 is 14.3 Å². The minimum Gasteiger partial charge on any atom is -0.469 e. The number of ether oxygens (including phenoxy) is 2. The zero-order valence-electron chi connectivity index (χ0n) is 9.25. The van der Waals surface area contributed by atoms with Crippen LogP contribution in [0.2, 0.25) is 0 Å². The number of carbonyl (C=O) groups excluding carboxylic acids is 1. The molecular formula is C11H19NO3. The number of esters is 1. The number of piperidine rings is 1. The molecule has 0 amide bonds. The molecule has 0 bridgehead atoms. The van der Waals surface area contributed by atoms with Gasteiger partial charge >= 0.3 is 5.97 Å². The summed E-state index contributed by atoms with van der Waals surface area (Å²) in [6.07, 6.45) is 4.04. The Hall–Kier alpha value is -0.610. The molecule has 0 radical (unpaired) electrons. The Morgan fingerprint density at radius 3 is 2.67 bits per heavy atom. The van der Waals surface area contributed by atoms with Crippen molar-refractivity contribution in [2.45, 2.75) is 31.3 Å². The molecule has 0 aliphatic carbocycles. The lowest BCUT2D eigenvalue weighted by Gasteiger charge is -2.42. The van der Waals surface area contributed by atoms with E-state index >= 15 is 0 Å². The molecule has 0 aromatic carbocycles. The lowest BCUT2D eigenvalue weighted by Crippen LogP contribution is -2.48. The minimum absolute atomic E-state index is 0.0458. The van der Waals surface area contributed by atoms with E-state index in [1.54, 1.807) is 0 Å². The normalized spacial score (nSPS) is 30.1. The molecule has 2 aliphatic rings. The van der Waals surface area contributed by atoms with Gasteiger partial charge in [0.05, 0.1) is 25.2 Å². The number of nitrogens with one attached hydrogen (secondary N) is 1. The molecule has 2 rings (SSSR count). The van der Waals surface area contributed by atoms with Crippen molar-refractivity contribution in [2.75, 3.05) is 26.8 Å². The molecule has 2 fully saturated rings. The van der Waals surface area contributed by atoms with E-state index in [4.69, 9.17) is 9.47 Å². The molecule has 1 atom stereocenters. The number of hydrogen-bond donors (Lipinski definition) is 1. The summed E-state index contributed by atoms with van der Waals surface area (Å²) in [5.74, 6) is -0.172.